The maximum absolute atomic E-state index is 12.0. The minimum Gasteiger partial charge on any atom is -0.345 e. The number of halogens is 1. The van der Waals surface area contributed by atoms with Crippen molar-refractivity contribution in [1.29, 1.82) is 0 Å². The monoisotopic (exact) mass is 450 g/mol. The standard InChI is InChI=1S/C12H15IN6O3S/c13-7-23(21,22)19-4-2-8(6-19)16-12(20)18-10-5-15-11-9(17-10)1-3-14-11/h1,3,5,8H,2,4,6-7H2,(H,14,15)(H2,16,17,18,20). The van der Waals surface area contributed by atoms with Crippen molar-refractivity contribution in [2.75, 3.05) is 22.2 Å². The van der Waals surface area contributed by atoms with Crippen LogP contribution in [0.15, 0.2) is 18.5 Å². The van der Waals surface area contributed by atoms with Gasteiger partial charge in [-0.1, -0.05) is 22.6 Å². The Bertz CT molecular complexity index is 823. The van der Waals surface area contributed by atoms with Crippen molar-refractivity contribution in [3.05, 3.63) is 18.5 Å². The predicted octanol–water partition coefficient (Wildman–Crippen LogP) is 0.876. The first-order valence-electron chi connectivity index (χ1n) is 6.89. The highest BCUT2D eigenvalue weighted by atomic mass is 127. The predicted molar refractivity (Wildman–Crippen MR) is 93.8 cm³/mol. The van der Waals surface area contributed by atoms with Gasteiger partial charge >= 0.3 is 6.03 Å². The topological polar surface area (TPSA) is 120 Å². The van der Waals surface area contributed by atoms with Gasteiger partial charge in [-0.2, -0.15) is 4.31 Å². The second-order valence-corrected chi connectivity index (χ2v) is 8.90. The van der Waals surface area contributed by atoms with Gasteiger partial charge in [0.1, 0.15) is 9.28 Å². The summed E-state index contributed by atoms with van der Waals surface area (Å²) in [7, 11) is -3.22. The van der Waals surface area contributed by atoms with Crippen molar-refractivity contribution >= 4 is 55.6 Å². The molecule has 1 saturated heterocycles. The molecule has 0 saturated carbocycles. The molecule has 3 N–H and O–H groups in total. The highest BCUT2D eigenvalue weighted by Crippen LogP contribution is 2.16. The van der Waals surface area contributed by atoms with Crippen LogP contribution >= 0.6 is 22.6 Å². The number of fused-ring (bicyclic) bond motifs is 1. The van der Waals surface area contributed by atoms with Gasteiger partial charge in [0.15, 0.2) is 11.5 Å². The number of aromatic amines is 1. The van der Waals surface area contributed by atoms with E-state index in [2.05, 4.69) is 25.6 Å². The van der Waals surface area contributed by atoms with E-state index in [-0.39, 0.29) is 9.80 Å². The minimum atomic E-state index is -3.22. The number of alkyl halides is 1. The molecule has 3 rings (SSSR count). The molecule has 0 bridgehead atoms. The van der Waals surface area contributed by atoms with Crippen LogP contribution in [0.1, 0.15) is 6.42 Å². The van der Waals surface area contributed by atoms with E-state index in [9.17, 15) is 13.2 Å². The minimum absolute atomic E-state index is 0.0376. The summed E-state index contributed by atoms with van der Waals surface area (Å²) < 4.78 is 25.0. The van der Waals surface area contributed by atoms with Crippen LogP contribution in [0.3, 0.4) is 0 Å². The molecule has 23 heavy (non-hydrogen) atoms. The van der Waals surface area contributed by atoms with E-state index < -0.39 is 16.1 Å². The first kappa shape index (κ1) is 16.4. The molecule has 1 unspecified atom stereocenters. The van der Waals surface area contributed by atoms with Gasteiger partial charge in [0.05, 0.1) is 6.20 Å². The van der Waals surface area contributed by atoms with Crippen LogP contribution in [0.25, 0.3) is 11.2 Å². The highest BCUT2D eigenvalue weighted by Gasteiger charge is 2.31. The second-order valence-electron chi connectivity index (χ2n) is 5.13. The van der Waals surface area contributed by atoms with Gasteiger partial charge in [-0.3, -0.25) is 5.32 Å². The summed E-state index contributed by atoms with van der Waals surface area (Å²) in [5.41, 5.74) is 1.30. The molecule has 3 heterocycles. The maximum atomic E-state index is 12.0. The van der Waals surface area contributed by atoms with Crippen LogP contribution < -0.4 is 10.6 Å². The number of sulfonamides is 1. The maximum Gasteiger partial charge on any atom is 0.320 e. The van der Waals surface area contributed by atoms with Crippen LogP contribution in [0.4, 0.5) is 10.6 Å². The highest BCUT2D eigenvalue weighted by molar-refractivity contribution is 14.1. The quantitative estimate of drug-likeness (QED) is 0.472. The fourth-order valence-corrected chi connectivity index (χ4v) is 4.51. The Kier molecular flexibility index (Phi) is 4.68. The third kappa shape index (κ3) is 3.72. The molecule has 2 aromatic rings. The summed E-state index contributed by atoms with van der Waals surface area (Å²) in [5.74, 6) is 0.337. The Hall–Kier alpha value is -1.47. The largest absolute Gasteiger partial charge is 0.345 e. The summed E-state index contributed by atoms with van der Waals surface area (Å²) in [6.07, 6.45) is 3.76. The molecule has 2 amide bonds. The Labute approximate surface area is 146 Å². The number of H-pyrrole nitrogens is 1. The average molecular weight is 450 g/mol. The molecule has 1 atom stereocenters. The number of urea groups is 1. The molecule has 1 aliphatic rings. The normalized spacial score (nSPS) is 19.1. The molecular weight excluding hydrogens is 435 g/mol. The van der Waals surface area contributed by atoms with E-state index in [0.717, 1.165) is 0 Å². The summed E-state index contributed by atoms with van der Waals surface area (Å²) in [6, 6.07) is 1.12. The lowest BCUT2D eigenvalue weighted by atomic mass is 10.3. The number of hydrogen-bond acceptors (Lipinski definition) is 5. The zero-order valence-corrected chi connectivity index (χ0v) is 15.0. The molecule has 0 spiro atoms. The third-order valence-electron chi connectivity index (χ3n) is 3.52. The number of carbonyl (C=O) groups excluding carboxylic acids is 1. The van der Waals surface area contributed by atoms with Crippen molar-refractivity contribution in [3.8, 4) is 0 Å². The van der Waals surface area contributed by atoms with Gasteiger partial charge < -0.3 is 10.3 Å². The Morgan fingerprint density at radius 3 is 3.13 bits per heavy atom. The average Bonchev–Trinajstić information content (AvgIpc) is 3.15. The molecule has 2 aromatic heterocycles. The zero-order chi connectivity index (χ0) is 16.4. The van der Waals surface area contributed by atoms with E-state index in [1.54, 1.807) is 12.3 Å². The number of carbonyl (C=O) groups is 1. The lowest BCUT2D eigenvalue weighted by molar-refractivity contribution is 0.248. The first-order chi connectivity index (χ1) is 11.0. The smallest absolute Gasteiger partial charge is 0.320 e. The van der Waals surface area contributed by atoms with Crippen LogP contribution in [-0.4, -0.2) is 56.6 Å². The Morgan fingerprint density at radius 2 is 2.35 bits per heavy atom. The number of nitrogens with zero attached hydrogens (tertiary/aromatic N) is 3. The summed E-state index contributed by atoms with van der Waals surface area (Å²) in [5, 5.41) is 5.37. The fourth-order valence-electron chi connectivity index (χ4n) is 2.40. The molecule has 0 radical (unpaired) electrons. The lowest BCUT2D eigenvalue weighted by Crippen LogP contribution is -2.40. The van der Waals surface area contributed by atoms with Gasteiger partial charge in [-0.05, 0) is 12.5 Å². The van der Waals surface area contributed by atoms with Crippen molar-refractivity contribution in [3.63, 3.8) is 0 Å². The van der Waals surface area contributed by atoms with Gasteiger partial charge in [0, 0.05) is 25.3 Å². The molecule has 1 aliphatic heterocycles. The van der Waals surface area contributed by atoms with Crippen molar-refractivity contribution < 1.29 is 13.2 Å². The van der Waals surface area contributed by atoms with E-state index in [4.69, 9.17) is 0 Å². The molecule has 0 aliphatic carbocycles. The summed E-state index contributed by atoms with van der Waals surface area (Å²) in [6.45, 7) is 0.715. The SMILES string of the molecule is O=C(Nc1cnc2[nH]ccc2n1)NC1CCN(S(=O)(=O)CI)C1. The Morgan fingerprint density at radius 1 is 1.52 bits per heavy atom. The molecule has 0 aromatic carbocycles. The lowest BCUT2D eigenvalue weighted by Gasteiger charge is -2.15. The summed E-state index contributed by atoms with van der Waals surface area (Å²) in [4.78, 5) is 23.3. The number of rotatable bonds is 4. The van der Waals surface area contributed by atoms with Gasteiger partial charge in [0.25, 0.3) is 0 Å². The number of anilines is 1. The second kappa shape index (κ2) is 6.57. The van der Waals surface area contributed by atoms with Crippen LogP contribution in [0, 0.1) is 0 Å². The van der Waals surface area contributed by atoms with Crippen molar-refractivity contribution in [1.82, 2.24) is 24.6 Å². The van der Waals surface area contributed by atoms with Crippen LogP contribution in [0.2, 0.25) is 0 Å². The van der Waals surface area contributed by atoms with Crippen molar-refractivity contribution in [2.24, 2.45) is 0 Å². The fraction of sp³-hybridized carbons (Fsp3) is 0.417. The number of hydrogen-bond donors (Lipinski definition) is 3. The first-order valence-corrected chi connectivity index (χ1v) is 10.0. The van der Waals surface area contributed by atoms with Crippen LogP contribution in [-0.2, 0) is 10.0 Å². The summed E-state index contributed by atoms with van der Waals surface area (Å²) >= 11 is 1.83. The molecule has 1 fully saturated rings. The van der Waals surface area contributed by atoms with E-state index in [0.29, 0.717) is 36.5 Å². The third-order valence-corrected chi connectivity index (χ3v) is 7.28. The number of nitrogens with one attached hydrogen (secondary N) is 3. The molecule has 124 valence electrons. The van der Waals surface area contributed by atoms with Crippen LogP contribution in [0.5, 0.6) is 0 Å². The zero-order valence-electron chi connectivity index (χ0n) is 12.0. The van der Waals surface area contributed by atoms with E-state index in [1.165, 1.54) is 10.5 Å². The van der Waals surface area contributed by atoms with E-state index in [1.807, 2.05) is 22.6 Å². The van der Waals surface area contributed by atoms with E-state index >= 15 is 0 Å². The van der Waals surface area contributed by atoms with Gasteiger partial charge in [0.2, 0.25) is 10.0 Å². The molecule has 9 nitrogen and oxygen atoms in total. The molecular formula is C12H15IN6O3S. The molecule has 11 heteroatoms. The Balaban J connectivity index is 1.57. The number of amides is 2. The van der Waals surface area contributed by atoms with Gasteiger partial charge in [-0.15, -0.1) is 0 Å². The van der Waals surface area contributed by atoms with Gasteiger partial charge in [-0.25, -0.2) is 23.2 Å². The number of aromatic nitrogens is 3. The van der Waals surface area contributed by atoms with Crippen molar-refractivity contribution in [2.45, 2.75) is 12.5 Å².